The molecule has 0 bridgehead atoms. The first-order chi connectivity index (χ1) is 17.5. The molecule has 0 unspecified atom stereocenters. The van der Waals surface area contributed by atoms with Crippen molar-refractivity contribution in [2.75, 3.05) is 6.61 Å². The van der Waals surface area contributed by atoms with Gasteiger partial charge in [0.05, 0.1) is 10.8 Å². The number of carbonyl (C=O) groups is 4. The fourth-order valence-electron chi connectivity index (χ4n) is 2.89. The summed E-state index contributed by atoms with van der Waals surface area (Å²) in [6, 6.07) is 3.69. The summed E-state index contributed by atoms with van der Waals surface area (Å²) in [6.07, 6.45) is 0.865. The first-order valence-electron chi connectivity index (χ1n) is 13.2. The van der Waals surface area contributed by atoms with Crippen molar-refractivity contribution in [2.24, 2.45) is 22.5 Å². The molecule has 0 aliphatic heterocycles. The zero-order valence-electron chi connectivity index (χ0n) is 24.3. The number of benzene rings is 1. The van der Waals surface area contributed by atoms with Crippen LogP contribution in [0.2, 0.25) is 0 Å². The van der Waals surface area contributed by atoms with Crippen molar-refractivity contribution in [2.45, 2.75) is 100 Å². The Kier molecular flexibility index (Phi) is 12.4. The van der Waals surface area contributed by atoms with Crippen LogP contribution < -0.4 is 15.2 Å². The van der Waals surface area contributed by atoms with Crippen LogP contribution in [0.1, 0.15) is 87.1 Å². The maximum absolute atomic E-state index is 12.8. The Balaban J connectivity index is 2.99. The van der Waals surface area contributed by atoms with Gasteiger partial charge >= 0.3 is 23.9 Å². The number of rotatable bonds is 14. The highest BCUT2D eigenvalue weighted by molar-refractivity contribution is 5.81. The van der Waals surface area contributed by atoms with E-state index in [9.17, 15) is 19.2 Å². The molecule has 0 aromatic heterocycles. The molecule has 0 heterocycles. The minimum atomic E-state index is -1.02. The van der Waals surface area contributed by atoms with E-state index in [0.29, 0.717) is 18.4 Å². The monoisotopic (exact) mass is 535 g/mol. The van der Waals surface area contributed by atoms with E-state index in [-0.39, 0.29) is 42.8 Å². The van der Waals surface area contributed by atoms with E-state index < -0.39 is 40.9 Å². The molecule has 1 aromatic rings. The zero-order chi connectivity index (χ0) is 29.3. The molecule has 214 valence electrons. The molecule has 38 heavy (non-hydrogen) atoms. The molecule has 0 radical (unpaired) electrons. The lowest BCUT2D eigenvalue weighted by Crippen LogP contribution is -2.36. The maximum atomic E-state index is 12.8. The second-order valence-corrected chi connectivity index (χ2v) is 11.4. The highest BCUT2D eigenvalue weighted by atomic mass is 16.6. The molecule has 0 spiro atoms. The minimum Gasteiger partial charge on any atom is -0.461 e. The quantitative estimate of drug-likeness (QED) is 0.264. The fourth-order valence-corrected chi connectivity index (χ4v) is 2.89. The summed E-state index contributed by atoms with van der Waals surface area (Å²) < 4.78 is 21.7. The Morgan fingerprint density at radius 2 is 1.39 bits per heavy atom. The molecule has 1 rings (SSSR count). The first-order valence-corrected chi connectivity index (χ1v) is 13.2. The second kappa shape index (κ2) is 14.3. The van der Waals surface area contributed by atoms with Crippen molar-refractivity contribution in [3.8, 4) is 11.5 Å². The van der Waals surface area contributed by atoms with Crippen molar-refractivity contribution in [3.05, 3.63) is 23.8 Å². The van der Waals surface area contributed by atoms with E-state index in [1.807, 2.05) is 27.7 Å². The lowest BCUT2D eigenvalue weighted by atomic mass is 9.90. The standard InChI is InChI=1S/C29H45NO8/c1-10-28(6,7)26(33)37-22-13-12-20(16-23(22)38-27(34)29(8,9)11-2)15-21(30)25(32)35-17-19(5)36-24(31)14-18(3)4/h12-13,16,18-19,21H,10-11,14-15,17,30H2,1-9H3/t19-,21-/m0/s1. The normalized spacial score (nSPS) is 13.4. The molecule has 2 atom stereocenters. The summed E-state index contributed by atoms with van der Waals surface area (Å²) in [6.45, 7) is 16.2. The minimum absolute atomic E-state index is 0.0699. The third-order valence-electron chi connectivity index (χ3n) is 6.41. The van der Waals surface area contributed by atoms with Crippen molar-refractivity contribution in [1.82, 2.24) is 0 Å². The van der Waals surface area contributed by atoms with E-state index in [1.165, 1.54) is 12.1 Å². The van der Waals surface area contributed by atoms with Crippen LogP contribution in [0.3, 0.4) is 0 Å². The number of ether oxygens (including phenoxy) is 4. The predicted octanol–water partition coefficient (Wildman–Crippen LogP) is 4.76. The van der Waals surface area contributed by atoms with Gasteiger partial charge in [-0.15, -0.1) is 0 Å². The summed E-state index contributed by atoms with van der Waals surface area (Å²) in [5.41, 5.74) is 5.16. The van der Waals surface area contributed by atoms with Crippen LogP contribution in [0, 0.1) is 16.7 Å². The number of hydrogen-bond acceptors (Lipinski definition) is 9. The molecule has 0 fully saturated rings. The van der Waals surface area contributed by atoms with E-state index in [0.717, 1.165) is 0 Å². The number of carbonyl (C=O) groups excluding carboxylic acids is 4. The molecular formula is C29H45NO8. The lowest BCUT2D eigenvalue weighted by molar-refractivity contribution is -0.159. The van der Waals surface area contributed by atoms with Gasteiger partial charge in [0.2, 0.25) is 0 Å². The number of nitrogens with two attached hydrogens (primary N) is 1. The van der Waals surface area contributed by atoms with Crippen LogP contribution >= 0.6 is 0 Å². The second-order valence-electron chi connectivity index (χ2n) is 11.4. The molecule has 0 amide bonds. The van der Waals surface area contributed by atoms with Gasteiger partial charge in [0.1, 0.15) is 18.8 Å². The summed E-state index contributed by atoms with van der Waals surface area (Å²) >= 11 is 0. The average Bonchev–Trinajstić information content (AvgIpc) is 2.83. The van der Waals surface area contributed by atoms with E-state index in [2.05, 4.69) is 0 Å². The van der Waals surface area contributed by atoms with Gasteiger partial charge in [-0.05, 0) is 77.5 Å². The van der Waals surface area contributed by atoms with Gasteiger partial charge in [-0.1, -0.05) is 33.8 Å². The molecule has 0 aliphatic rings. The molecule has 1 aromatic carbocycles. The Bertz CT molecular complexity index is 983. The SMILES string of the molecule is CCC(C)(C)C(=O)Oc1ccc(C[C@H](N)C(=O)OC[C@H](C)OC(=O)CC(C)C)cc1OC(=O)C(C)(C)CC. The van der Waals surface area contributed by atoms with Crippen molar-refractivity contribution in [3.63, 3.8) is 0 Å². The number of hydrogen-bond donors (Lipinski definition) is 1. The average molecular weight is 536 g/mol. The smallest absolute Gasteiger partial charge is 0.323 e. The molecule has 9 heteroatoms. The van der Waals surface area contributed by atoms with E-state index in [4.69, 9.17) is 24.7 Å². The molecule has 2 N–H and O–H groups in total. The Morgan fingerprint density at radius 3 is 1.89 bits per heavy atom. The van der Waals surface area contributed by atoms with Crippen molar-refractivity contribution in [1.29, 1.82) is 0 Å². The topological polar surface area (TPSA) is 131 Å². The third-order valence-corrected chi connectivity index (χ3v) is 6.41. The predicted molar refractivity (Wildman–Crippen MR) is 144 cm³/mol. The molecule has 0 saturated carbocycles. The fraction of sp³-hybridized carbons (Fsp3) is 0.655. The van der Waals surface area contributed by atoms with Crippen LogP contribution in [-0.2, 0) is 35.1 Å². The van der Waals surface area contributed by atoms with Crippen LogP contribution in [0.5, 0.6) is 11.5 Å². The van der Waals surface area contributed by atoms with Crippen LogP contribution in [0.25, 0.3) is 0 Å². The summed E-state index contributed by atoms with van der Waals surface area (Å²) in [5.74, 6) is -1.62. The first kappa shape index (κ1) is 33.1. The Morgan fingerprint density at radius 1 is 0.868 bits per heavy atom. The largest absolute Gasteiger partial charge is 0.461 e. The van der Waals surface area contributed by atoms with Crippen molar-refractivity contribution < 1.29 is 38.1 Å². The highest BCUT2D eigenvalue weighted by Gasteiger charge is 2.31. The van der Waals surface area contributed by atoms with E-state index in [1.54, 1.807) is 40.7 Å². The van der Waals surface area contributed by atoms with Gasteiger partial charge in [0.15, 0.2) is 11.5 Å². The summed E-state index contributed by atoms with van der Waals surface area (Å²) in [4.78, 5) is 49.7. The van der Waals surface area contributed by atoms with Crippen LogP contribution in [0.4, 0.5) is 0 Å². The Hall–Kier alpha value is -2.94. The van der Waals surface area contributed by atoms with Crippen LogP contribution in [0.15, 0.2) is 18.2 Å². The van der Waals surface area contributed by atoms with Gasteiger partial charge < -0.3 is 24.7 Å². The summed E-state index contributed by atoms with van der Waals surface area (Å²) in [5, 5.41) is 0. The number of esters is 4. The van der Waals surface area contributed by atoms with Crippen LogP contribution in [-0.4, -0.2) is 42.6 Å². The highest BCUT2D eigenvalue weighted by Crippen LogP contribution is 2.34. The van der Waals surface area contributed by atoms with Gasteiger partial charge in [-0.3, -0.25) is 19.2 Å². The van der Waals surface area contributed by atoms with Gasteiger partial charge in [-0.25, -0.2) is 0 Å². The van der Waals surface area contributed by atoms with Crippen molar-refractivity contribution >= 4 is 23.9 Å². The zero-order valence-corrected chi connectivity index (χ0v) is 24.3. The van der Waals surface area contributed by atoms with Gasteiger partial charge in [0, 0.05) is 6.42 Å². The maximum Gasteiger partial charge on any atom is 0.323 e. The van der Waals surface area contributed by atoms with E-state index >= 15 is 0 Å². The molecule has 9 nitrogen and oxygen atoms in total. The Labute approximate surface area is 226 Å². The van der Waals surface area contributed by atoms with Gasteiger partial charge in [0.25, 0.3) is 0 Å². The lowest BCUT2D eigenvalue weighted by Gasteiger charge is -2.23. The molecule has 0 saturated heterocycles. The molecule has 0 aliphatic carbocycles. The molecular weight excluding hydrogens is 490 g/mol. The third kappa shape index (κ3) is 10.4. The summed E-state index contributed by atoms with van der Waals surface area (Å²) in [7, 11) is 0. The van der Waals surface area contributed by atoms with Gasteiger partial charge in [-0.2, -0.15) is 0 Å².